The summed E-state index contributed by atoms with van der Waals surface area (Å²) in [6.45, 7) is 8.21. The van der Waals surface area contributed by atoms with Crippen molar-refractivity contribution in [2.24, 2.45) is 5.41 Å². The Balaban J connectivity index is 1.99. The van der Waals surface area contributed by atoms with E-state index < -0.39 is 0 Å². The third-order valence-electron chi connectivity index (χ3n) is 5.30. The van der Waals surface area contributed by atoms with Gasteiger partial charge < -0.3 is 15.0 Å². The molecule has 3 atom stereocenters. The van der Waals surface area contributed by atoms with Gasteiger partial charge in [0.15, 0.2) is 0 Å². The van der Waals surface area contributed by atoms with Gasteiger partial charge in [0.25, 0.3) is 0 Å². The number of carbonyl (C=O) groups excluding carboxylic acids is 1. The molecule has 0 aromatic heterocycles. The van der Waals surface area contributed by atoms with Crippen molar-refractivity contribution >= 4 is 5.91 Å². The smallest absolute Gasteiger partial charge is 0.239 e. The second-order valence-corrected chi connectivity index (χ2v) is 5.94. The number of carbonyl (C=O) groups is 1. The van der Waals surface area contributed by atoms with Crippen LogP contribution in [0, 0.1) is 5.41 Å². The predicted molar refractivity (Wildman–Crippen MR) is 76.0 cm³/mol. The van der Waals surface area contributed by atoms with Crippen molar-refractivity contribution in [2.45, 2.75) is 64.6 Å². The molecule has 1 aliphatic carbocycles. The summed E-state index contributed by atoms with van der Waals surface area (Å²) in [7, 11) is 1.89. The molecule has 1 heterocycles. The van der Waals surface area contributed by atoms with Gasteiger partial charge in [-0.15, -0.1) is 0 Å². The van der Waals surface area contributed by atoms with Gasteiger partial charge in [-0.1, -0.05) is 13.8 Å². The first-order valence-corrected chi connectivity index (χ1v) is 7.71. The fourth-order valence-corrected chi connectivity index (χ4v) is 3.83. The van der Waals surface area contributed by atoms with Gasteiger partial charge in [-0.05, 0) is 32.6 Å². The molecule has 2 aliphatic rings. The maximum Gasteiger partial charge on any atom is 0.239 e. The molecule has 19 heavy (non-hydrogen) atoms. The Morgan fingerprint density at radius 1 is 1.37 bits per heavy atom. The van der Waals surface area contributed by atoms with Crippen molar-refractivity contribution < 1.29 is 9.53 Å². The molecule has 2 fully saturated rings. The number of nitrogens with one attached hydrogen (secondary N) is 1. The topological polar surface area (TPSA) is 41.6 Å². The van der Waals surface area contributed by atoms with Crippen LogP contribution >= 0.6 is 0 Å². The lowest BCUT2D eigenvalue weighted by molar-refractivity contribution is -0.144. The van der Waals surface area contributed by atoms with E-state index in [1.165, 1.54) is 0 Å². The number of rotatable bonds is 6. The van der Waals surface area contributed by atoms with Gasteiger partial charge in [0, 0.05) is 31.7 Å². The molecule has 4 heteroatoms. The zero-order valence-corrected chi connectivity index (χ0v) is 12.7. The summed E-state index contributed by atoms with van der Waals surface area (Å²) < 4.78 is 5.88. The van der Waals surface area contributed by atoms with Crippen LogP contribution in [0.1, 0.15) is 46.5 Å². The van der Waals surface area contributed by atoms with Crippen LogP contribution in [0.25, 0.3) is 0 Å². The fourth-order valence-electron chi connectivity index (χ4n) is 3.83. The molecule has 1 aliphatic heterocycles. The lowest BCUT2D eigenvalue weighted by Gasteiger charge is -2.56. The van der Waals surface area contributed by atoms with E-state index in [2.05, 4.69) is 26.1 Å². The minimum atomic E-state index is 0.0232. The van der Waals surface area contributed by atoms with Crippen molar-refractivity contribution in [3.05, 3.63) is 0 Å². The quantitative estimate of drug-likeness (QED) is 0.798. The molecule has 1 saturated carbocycles. The van der Waals surface area contributed by atoms with Crippen LogP contribution < -0.4 is 5.32 Å². The zero-order chi connectivity index (χ0) is 14.0. The molecule has 0 aromatic rings. The molecule has 0 aromatic carbocycles. The Kier molecular flexibility index (Phi) is 4.51. The van der Waals surface area contributed by atoms with Crippen LogP contribution in [0.5, 0.6) is 0 Å². The molecule has 110 valence electrons. The van der Waals surface area contributed by atoms with E-state index in [1.54, 1.807) is 0 Å². The molecule has 1 saturated heterocycles. The van der Waals surface area contributed by atoms with Crippen molar-refractivity contribution in [1.29, 1.82) is 0 Å². The van der Waals surface area contributed by atoms with E-state index in [9.17, 15) is 4.79 Å². The Bertz CT molecular complexity index is 328. The van der Waals surface area contributed by atoms with Gasteiger partial charge in [0.2, 0.25) is 5.91 Å². The summed E-state index contributed by atoms with van der Waals surface area (Å²) in [5.41, 5.74) is 0.220. The first kappa shape index (κ1) is 14.8. The van der Waals surface area contributed by atoms with Gasteiger partial charge in [0.05, 0.1) is 12.1 Å². The summed E-state index contributed by atoms with van der Waals surface area (Å²) in [6.07, 6.45) is 4.57. The number of likely N-dealkylation sites (N-methyl/N-ethyl adjacent to an activating group) is 1. The first-order valence-electron chi connectivity index (χ1n) is 7.71. The summed E-state index contributed by atoms with van der Waals surface area (Å²) >= 11 is 0. The standard InChI is InChI=1S/C15H28N2O2/c1-5-15(6-2)12(10-13(15)19-7-3)16-11-8-9-17(4)14(11)18/h11-13,16H,5-10H2,1-4H3/t11-,12-,13-/m1/s1. The van der Waals surface area contributed by atoms with Gasteiger partial charge in [-0.2, -0.15) is 0 Å². The highest BCUT2D eigenvalue weighted by molar-refractivity contribution is 5.83. The Morgan fingerprint density at radius 2 is 2.05 bits per heavy atom. The molecular formula is C15H28N2O2. The summed E-state index contributed by atoms with van der Waals surface area (Å²) in [4.78, 5) is 13.8. The van der Waals surface area contributed by atoms with E-state index in [1.807, 2.05) is 11.9 Å². The molecule has 0 spiro atoms. The third-order valence-corrected chi connectivity index (χ3v) is 5.30. The van der Waals surface area contributed by atoms with Gasteiger partial charge >= 0.3 is 0 Å². The SMILES string of the molecule is CCO[C@@H]1C[C@@H](N[C@@H]2CCN(C)C2=O)C1(CC)CC. The average Bonchev–Trinajstić information content (AvgIpc) is 2.71. The van der Waals surface area contributed by atoms with Gasteiger partial charge in [0.1, 0.15) is 0 Å². The Morgan fingerprint density at radius 3 is 2.53 bits per heavy atom. The van der Waals surface area contributed by atoms with Crippen LogP contribution in [0.15, 0.2) is 0 Å². The van der Waals surface area contributed by atoms with Crippen LogP contribution in [0.4, 0.5) is 0 Å². The van der Waals surface area contributed by atoms with Crippen LogP contribution in [-0.4, -0.2) is 49.2 Å². The van der Waals surface area contributed by atoms with Crippen molar-refractivity contribution in [1.82, 2.24) is 10.2 Å². The largest absolute Gasteiger partial charge is 0.378 e. The first-order chi connectivity index (χ1) is 9.08. The summed E-state index contributed by atoms with van der Waals surface area (Å²) in [6, 6.07) is 0.453. The lowest BCUT2D eigenvalue weighted by Crippen LogP contribution is -2.65. The van der Waals surface area contributed by atoms with Crippen molar-refractivity contribution in [2.75, 3.05) is 20.2 Å². The van der Waals surface area contributed by atoms with Crippen LogP contribution in [-0.2, 0) is 9.53 Å². The fraction of sp³-hybridized carbons (Fsp3) is 0.933. The minimum absolute atomic E-state index is 0.0232. The number of hydrogen-bond donors (Lipinski definition) is 1. The van der Waals surface area contributed by atoms with Crippen molar-refractivity contribution in [3.63, 3.8) is 0 Å². The normalized spacial score (nSPS) is 33.6. The summed E-state index contributed by atoms with van der Waals surface area (Å²) in [5, 5.41) is 3.61. The van der Waals surface area contributed by atoms with E-state index >= 15 is 0 Å². The lowest BCUT2D eigenvalue weighted by atomic mass is 9.58. The zero-order valence-electron chi connectivity index (χ0n) is 12.7. The molecule has 1 N–H and O–H groups in total. The number of likely N-dealkylation sites (tertiary alicyclic amines) is 1. The molecule has 2 rings (SSSR count). The molecule has 4 nitrogen and oxygen atoms in total. The number of amides is 1. The van der Waals surface area contributed by atoms with E-state index in [0.717, 1.165) is 38.8 Å². The van der Waals surface area contributed by atoms with Crippen LogP contribution in [0.3, 0.4) is 0 Å². The molecular weight excluding hydrogens is 240 g/mol. The molecule has 0 radical (unpaired) electrons. The predicted octanol–water partition coefficient (Wildman–Crippen LogP) is 1.79. The highest BCUT2D eigenvalue weighted by atomic mass is 16.5. The molecule has 0 unspecified atom stereocenters. The van der Waals surface area contributed by atoms with Crippen molar-refractivity contribution in [3.8, 4) is 0 Å². The highest BCUT2D eigenvalue weighted by Gasteiger charge is 2.54. The third kappa shape index (κ3) is 2.40. The number of ether oxygens (including phenoxy) is 1. The Labute approximate surface area is 116 Å². The molecule has 1 amide bonds. The van der Waals surface area contributed by atoms with Crippen LogP contribution in [0.2, 0.25) is 0 Å². The summed E-state index contributed by atoms with van der Waals surface area (Å²) in [5.74, 6) is 0.251. The maximum atomic E-state index is 12.0. The van der Waals surface area contributed by atoms with Gasteiger partial charge in [-0.25, -0.2) is 0 Å². The van der Waals surface area contributed by atoms with Gasteiger partial charge in [-0.3, -0.25) is 4.79 Å². The minimum Gasteiger partial charge on any atom is -0.378 e. The maximum absolute atomic E-state index is 12.0. The monoisotopic (exact) mass is 268 g/mol. The number of nitrogens with zero attached hydrogens (tertiary/aromatic N) is 1. The number of hydrogen-bond acceptors (Lipinski definition) is 3. The highest BCUT2D eigenvalue weighted by Crippen LogP contribution is 2.49. The second kappa shape index (κ2) is 5.80. The Hall–Kier alpha value is -0.610. The second-order valence-electron chi connectivity index (χ2n) is 5.94. The van der Waals surface area contributed by atoms with E-state index in [-0.39, 0.29) is 17.4 Å². The van der Waals surface area contributed by atoms with E-state index in [4.69, 9.17) is 4.74 Å². The molecule has 0 bridgehead atoms. The van der Waals surface area contributed by atoms with E-state index in [0.29, 0.717) is 12.1 Å². The average molecular weight is 268 g/mol.